The number of piperidine rings is 1. The Labute approximate surface area is 168 Å². The molecule has 0 saturated carbocycles. The summed E-state index contributed by atoms with van der Waals surface area (Å²) in [6.07, 6.45) is 5.21. The Morgan fingerprint density at radius 1 is 1.18 bits per heavy atom. The van der Waals surface area contributed by atoms with Gasteiger partial charge in [0, 0.05) is 38.0 Å². The molecule has 2 saturated heterocycles. The van der Waals surface area contributed by atoms with Crippen molar-refractivity contribution < 1.29 is 19.4 Å². The second-order valence-electron chi connectivity index (χ2n) is 8.00. The predicted molar refractivity (Wildman–Crippen MR) is 109 cm³/mol. The molecule has 28 heavy (non-hydrogen) atoms. The molecule has 0 bridgehead atoms. The van der Waals surface area contributed by atoms with Gasteiger partial charge in [0.05, 0.1) is 6.61 Å². The van der Waals surface area contributed by atoms with Crippen molar-refractivity contribution in [3.8, 4) is 11.5 Å². The number of nitrogens with zero attached hydrogens (tertiary/aromatic N) is 2. The number of hydrogen-bond acceptors (Lipinski definition) is 4. The lowest BCUT2D eigenvalue weighted by Crippen LogP contribution is -2.48. The Morgan fingerprint density at radius 3 is 2.57 bits per heavy atom. The molecule has 2 aliphatic rings. The summed E-state index contributed by atoms with van der Waals surface area (Å²) in [5.41, 5.74) is 0. The minimum atomic E-state index is -0.828. The van der Waals surface area contributed by atoms with Crippen molar-refractivity contribution in [2.24, 2.45) is 0 Å². The van der Waals surface area contributed by atoms with E-state index in [0.717, 1.165) is 50.3 Å². The third-order valence-corrected chi connectivity index (χ3v) is 6.06. The molecule has 1 aromatic rings. The summed E-state index contributed by atoms with van der Waals surface area (Å²) in [6.45, 7) is 7.93. The van der Waals surface area contributed by atoms with Crippen molar-refractivity contribution in [1.29, 1.82) is 0 Å². The Kier molecular flexibility index (Phi) is 7.43. The van der Waals surface area contributed by atoms with E-state index >= 15 is 0 Å². The molecule has 2 aliphatic heterocycles. The molecular formula is C22H34N2O4. The van der Waals surface area contributed by atoms with Crippen LogP contribution in [0, 0.1) is 0 Å². The third-order valence-electron chi connectivity index (χ3n) is 6.06. The Morgan fingerprint density at radius 2 is 1.93 bits per heavy atom. The first-order chi connectivity index (χ1) is 13.6. The molecule has 2 heterocycles. The van der Waals surface area contributed by atoms with Gasteiger partial charge in [0.15, 0.2) is 0 Å². The van der Waals surface area contributed by atoms with Crippen molar-refractivity contribution in [2.75, 3.05) is 26.2 Å². The molecule has 1 aromatic carbocycles. The van der Waals surface area contributed by atoms with Gasteiger partial charge in [-0.05, 0) is 63.4 Å². The fourth-order valence-corrected chi connectivity index (χ4v) is 4.35. The zero-order valence-corrected chi connectivity index (χ0v) is 17.2. The molecule has 6 heteroatoms. The average molecular weight is 391 g/mol. The van der Waals surface area contributed by atoms with Crippen LogP contribution in [0.15, 0.2) is 24.3 Å². The molecular weight excluding hydrogens is 356 g/mol. The summed E-state index contributed by atoms with van der Waals surface area (Å²) >= 11 is 0. The maximum atomic E-state index is 11.3. The monoisotopic (exact) mass is 390 g/mol. The first-order valence-corrected chi connectivity index (χ1v) is 10.7. The maximum absolute atomic E-state index is 11.3. The van der Waals surface area contributed by atoms with Crippen molar-refractivity contribution >= 4 is 6.09 Å². The normalized spacial score (nSPS) is 25.6. The van der Waals surface area contributed by atoms with Gasteiger partial charge in [-0.15, -0.1) is 0 Å². The van der Waals surface area contributed by atoms with Gasteiger partial charge in [0.2, 0.25) is 0 Å². The number of ether oxygens (including phenoxy) is 2. The smallest absolute Gasteiger partial charge is 0.407 e. The highest BCUT2D eigenvalue weighted by atomic mass is 16.5. The van der Waals surface area contributed by atoms with E-state index in [0.29, 0.717) is 12.6 Å². The summed E-state index contributed by atoms with van der Waals surface area (Å²) in [5.74, 6) is 1.69. The van der Waals surface area contributed by atoms with Crippen LogP contribution >= 0.6 is 0 Å². The Balaban J connectivity index is 1.40. The molecule has 2 unspecified atom stereocenters. The summed E-state index contributed by atoms with van der Waals surface area (Å²) in [7, 11) is 0. The first kappa shape index (κ1) is 20.8. The second kappa shape index (κ2) is 10.0. The van der Waals surface area contributed by atoms with Gasteiger partial charge in [0.25, 0.3) is 0 Å². The van der Waals surface area contributed by atoms with Crippen molar-refractivity contribution in [1.82, 2.24) is 9.80 Å². The quantitative estimate of drug-likeness (QED) is 0.673. The molecule has 6 nitrogen and oxygen atoms in total. The summed E-state index contributed by atoms with van der Waals surface area (Å²) < 4.78 is 12.0. The molecule has 0 radical (unpaired) electrons. The van der Waals surface area contributed by atoms with Crippen molar-refractivity contribution in [3.05, 3.63) is 24.3 Å². The van der Waals surface area contributed by atoms with Crippen LogP contribution in [-0.2, 0) is 0 Å². The van der Waals surface area contributed by atoms with E-state index in [1.165, 1.54) is 19.4 Å². The fourth-order valence-electron chi connectivity index (χ4n) is 4.35. The highest BCUT2D eigenvalue weighted by Gasteiger charge is 2.31. The minimum absolute atomic E-state index is 0.0391. The molecule has 3 atom stereocenters. The Hall–Kier alpha value is -1.95. The van der Waals surface area contributed by atoms with Crippen LogP contribution < -0.4 is 9.47 Å². The number of hydrogen-bond donors (Lipinski definition) is 1. The fraction of sp³-hybridized carbons (Fsp3) is 0.682. The van der Waals surface area contributed by atoms with Gasteiger partial charge >= 0.3 is 6.09 Å². The van der Waals surface area contributed by atoms with Crippen LogP contribution in [0.25, 0.3) is 0 Å². The number of carbonyl (C=O) groups is 1. The van der Waals surface area contributed by atoms with Gasteiger partial charge in [-0.3, -0.25) is 0 Å². The largest absolute Gasteiger partial charge is 0.494 e. The number of amides is 1. The molecule has 2 fully saturated rings. The van der Waals surface area contributed by atoms with E-state index in [-0.39, 0.29) is 12.1 Å². The van der Waals surface area contributed by atoms with Crippen molar-refractivity contribution in [2.45, 2.75) is 70.6 Å². The van der Waals surface area contributed by atoms with Crippen LogP contribution in [0.3, 0.4) is 0 Å². The first-order valence-electron chi connectivity index (χ1n) is 10.7. The van der Waals surface area contributed by atoms with Crippen LogP contribution in [-0.4, -0.2) is 65.4 Å². The van der Waals surface area contributed by atoms with Gasteiger partial charge < -0.3 is 24.4 Å². The SMILES string of the molecule is CCC1CC(Oc2ccc(OCCCN3CCC[C@H]3C)cc2)CCN1C(=O)O. The highest BCUT2D eigenvalue weighted by Crippen LogP contribution is 2.26. The lowest BCUT2D eigenvalue weighted by Gasteiger charge is -2.37. The van der Waals surface area contributed by atoms with Crippen LogP contribution in [0.4, 0.5) is 4.79 Å². The van der Waals surface area contributed by atoms with Gasteiger partial charge in [-0.1, -0.05) is 6.92 Å². The number of rotatable bonds is 8. The zero-order valence-electron chi connectivity index (χ0n) is 17.2. The van der Waals surface area contributed by atoms with E-state index < -0.39 is 6.09 Å². The van der Waals surface area contributed by atoms with Gasteiger partial charge in [-0.25, -0.2) is 4.79 Å². The highest BCUT2D eigenvalue weighted by molar-refractivity contribution is 5.65. The molecule has 0 spiro atoms. The maximum Gasteiger partial charge on any atom is 0.407 e. The summed E-state index contributed by atoms with van der Waals surface area (Å²) in [4.78, 5) is 15.4. The average Bonchev–Trinajstić information content (AvgIpc) is 3.11. The number of benzene rings is 1. The second-order valence-corrected chi connectivity index (χ2v) is 8.00. The van der Waals surface area contributed by atoms with Crippen LogP contribution in [0.2, 0.25) is 0 Å². The molecule has 1 N–H and O–H groups in total. The molecule has 1 amide bonds. The predicted octanol–water partition coefficient (Wildman–Crippen LogP) is 4.24. The van der Waals surface area contributed by atoms with Gasteiger partial charge in [0.1, 0.15) is 17.6 Å². The van der Waals surface area contributed by atoms with E-state index in [9.17, 15) is 9.90 Å². The molecule has 3 rings (SSSR count). The van der Waals surface area contributed by atoms with Gasteiger partial charge in [-0.2, -0.15) is 0 Å². The van der Waals surface area contributed by atoms with E-state index in [1.54, 1.807) is 4.90 Å². The summed E-state index contributed by atoms with van der Waals surface area (Å²) in [6, 6.07) is 8.56. The number of carboxylic acid groups (broad SMARTS) is 1. The lowest BCUT2D eigenvalue weighted by molar-refractivity contribution is 0.0531. The zero-order chi connectivity index (χ0) is 19.9. The third kappa shape index (κ3) is 5.53. The molecule has 0 aliphatic carbocycles. The van der Waals surface area contributed by atoms with E-state index in [4.69, 9.17) is 9.47 Å². The lowest BCUT2D eigenvalue weighted by atomic mass is 9.98. The topological polar surface area (TPSA) is 62.2 Å². The van der Waals surface area contributed by atoms with Crippen LogP contribution in [0.1, 0.15) is 52.4 Å². The van der Waals surface area contributed by atoms with E-state index in [2.05, 4.69) is 11.8 Å². The van der Waals surface area contributed by atoms with Crippen LogP contribution in [0.5, 0.6) is 11.5 Å². The van der Waals surface area contributed by atoms with E-state index in [1.807, 2.05) is 31.2 Å². The Bertz CT molecular complexity index is 621. The molecule has 156 valence electrons. The van der Waals surface area contributed by atoms with Crippen molar-refractivity contribution in [3.63, 3.8) is 0 Å². The standard InChI is InChI=1S/C22H34N2O4/c1-3-18-16-21(11-14-24(18)22(25)26)28-20-9-7-19(8-10-20)27-15-5-13-23-12-4-6-17(23)2/h7-10,17-18,21H,3-6,11-16H2,1-2H3,(H,25,26)/t17-,18?,21?/m1/s1. The summed E-state index contributed by atoms with van der Waals surface area (Å²) in [5, 5.41) is 9.28. The number of likely N-dealkylation sites (tertiary alicyclic amines) is 2. The molecule has 0 aromatic heterocycles. The minimum Gasteiger partial charge on any atom is -0.494 e.